The van der Waals surface area contributed by atoms with Gasteiger partial charge < -0.3 is 30.1 Å². The van der Waals surface area contributed by atoms with E-state index in [2.05, 4.69) is 15.5 Å². The van der Waals surface area contributed by atoms with E-state index < -0.39 is 18.1 Å². The monoisotopic (exact) mass is 464 g/mol. The van der Waals surface area contributed by atoms with Gasteiger partial charge in [-0.25, -0.2) is 9.18 Å². The molecule has 1 aromatic carbocycles. The van der Waals surface area contributed by atoms with E-state index >= 15 is 0 Å². The van der Waals surface area contributed by atoms with Crippen molar-refractivity contribution >= 4 is 17.5 Å². The van der Waals surface area contributed by atoms with Crippen LogP contribution in [0.3, 0.4) is 0 Å². The van der Waals surface area contributed by atoms with Gasteiger partial charge >= 0.3 is 6.09 Å². The number of ether oxygens (including phenoxy) is 1. The van der Waals surface area contributed by atoms with Gasteiger partial charge in [-0.1, -0.05) is 0 Å². The highest BCUT2D eigenvalue weighted by Gasteiger charge is 2.43. The van der Waals surface area contributed by atoms with Crippen molar-refractivity contribution in [1.29, 1.82) is 0 Å². The molecule has 3 aliphatic rings. The third-order valence-corrected chi connectivity index (χ3v) is 7.05. The number of amides is 1. The molecule has 1 aromatic rings. The van der Waals surface area contributed by atoms with Gasteiger partial charge in [0.2, 0.25) is 0 Å². The van der Waals surface area contributed by atoms with Crippen molar-refractivity contribution in [1.82, 2.24) is 10.2 Å². The highest BCUT2D eigenvalue weighted by Crippen LogP contribution is 2.42. The Morgan fingerprint density at radius 2 is 1.88 bits per heavy atom. The number of benzene rings is 1. The normalized spacial score (nSPS) is 27.6. The number of hydrogen-bond acceptors (Lipinski definition) is 7. The Morgan fingerprint density at radius 3 is 2.52 bits per heavy atom. The summed E-state index contributed by atoms with van der Waals surface area (Å²) < 4.78 is 20.5. The fraction of sp³-hybridized carbons (Fsp3) is 0.708. The van der Waals surface area contributed by atoms with Crippen LogP contribution in [0.5, 0.6) is 0 Å². The lowest BCUT2D eigenvalue weighted by molar-refractivity contribution is -0.00340. The molecule has 184 valence electrons. The average molecular weight is 465 g/mol. The van der Waals surface area contributed by atoms with Crippen molar-refractivity contribution in [2.75, 3.05) is 36.4 Å². The summed E-state index contributed by atoms with van der Waals surface area (Å²) in [7, 11) is 0. The zero-order valence-electron chi connectivity index (χ0n) is 19.8. The van der Waals surface area contributed by atoms with Gasteiger partial charge in [0.15, 0.2) is 0 Å². The van der Waals surface area contributed by atoms with E-state index in [-0.39, 0.29) is 23.4 Å². The van der Waals surface area contributed by atoms with Crippen LogP contribution in [0.4, 0.5) is 20.6 Å². The molecular formula is C24H37FN4O4. The van der Waals surface area contributed by atoms with Gasteiger partial charge in [0.1, 0.15) is 23.9 Å². The highest BCUT2D eigenvalue weighted by atomic mass is 19.1. The number of carbonyl (C=O) groups is 1. The molecule has 0 aliphatic carbocycles. The summed E-state index contributed by atoms with van der Waals surface area (Å²) >= 11 is 0. The van der Waals surface area contributed by atoms with E-state index in [1.165, 1.54) is 6.07 Å². The van der Waals surface area contributed by atoms with Crippen molar-refractivity contribution in [3.05, 3.63) is 24.0 Å². The van der Waals surface area contributed by atoms with E-state index in [9.17, 15) is 19.4 Å². The molecule has 3 heterocycles. The predicted octanol–water partition coefficient (Wildman–Crippen LogP) is 2.85. The third kappa shape index (κ3) is 5.70. The molecule has 4 N–H and O–H groups in total. The van der Waals surface area contributed by atoms with Gasteiger partial charge in [0.05, 0.1) is 11.7 Å². The minimum Gasteiger partial charge on any atom is -0.444 e. The van der Waals surface area contributed by atoms with Crippen LogP contribution < -0.4 is 15.5 Å². The van der Waals surface area contributed by atoms with Gasteiger partial charge in [-0.2, -0.15) is 0 Å². The molecule has 1 amide bonds. The number of aliphatic hydroxyl groups is 2. The number of piperidine rings is 2. The lowest BCUT2D eigenvalue weighted by atomic mass is 9.77. The Labute approximate surface area is 195 Å². The fourth-order valence-corrected chi connectivity index (χ4v) is 5.16. The summed E-state index contributed by atoms with van der Waals surface area (Å²) in [5.74, 6) is -0.295. The van der Waals surface area contributed by atoms with Gasteiger partial charge in [0.25, 0.3) is 0 Å². The molecule has 4 rings (SSSR count). The maximum atomic E-state index is 15.0. The van der Waals surface area contributed by atoms with Crippen LogP contribution in [-0.4, -0.2) is 71.5 Å². The maximum absolute atomic E-state index is 15.0. The number of nitrogens with one attached hydrogen (secondary N) is 2. The minimum atomic E-state index is -0.888. The van der Waals surface area contributed by atoms with Crippen molar-refractivity contribution < 1.29 is 24.1 Å². The lowest BCUT2D eigenvalue weighted by Crippen LogP contribution is -2.53. The molecule has 1 spiro atoms. The molecule has 0 aromatic heterocycles. The molecule has 3 atom stereocenters. The second-order valence-electron chi connectivity index (χ2n) is 10.8. The fourth-order valence-electron chi connectivity index (χ4n) is 5.16. The number of halogens is 1. The summed E-state index contributed by atoms with van der Waals surface area (Å²) in [4.78, 5) is 16.3. The van der Waals surface area contributed by atoms with Crippen LogP contribution >= 0.6 is 0 Å². The molecule has 3 saturated heterocycles. The minimum absolute atomic E-state index is 0.0834. The highest BCUT2D eigenvalue weighted by molar-refractivity contribution is 5.68. The number of hydrogen-bond donors (Lipinski definition) is 4. The van der Waals surface area contributed by atoms with Crippen molar-refractivity contribution in [2.45, 2.75) is 77.0 Å². The van der Waals surface area contributed by atoms with E-state index in [4.69, 9.17) is 4.74 Å². The first-order valence-electron chi connectivity index (χ1n) is 11.9. The van der Waals surface area contributed by atoms with Crippen LogP contribution in [0.1, 0.15) is 52.9 Å². The van der Waals surface area contributed by atoms with Crippen LogP contribution in [-0.2, 0) is 4.74 Å². The second-order valence-corrected chi connectivity index (χ2v) is 10.8. The number of nitrogens with zero attached hydrogens (tertiary/aromatic N) is 2. The topological polar surface area (TPSA) is 97.3 Å². The van der Waals surface area contributed by atoms with Gasteiger partial charge in [-0.3, -0.25) is 5.32 Å². The molecule has 8 nitrogen and oxygen atoms in total. The predicted molar refractivity (Wildman–Crippen MR) is 124 cm³/mol. The molecule has 3 aliphatic heterocycles. The van der Waals surface area contributed by atoms with E-state index in [0.29, 0.717) is 37.3 Å². The smallest absolute Gasteiger partial charge is 0.410 e. The molecular weight excluding hydrogens is 427 g/mol. The van der Waals surface area contributed by atoms with Gasteiger partial charge in [-0.15, -0.1) is 0 Å². The number of carbonyl (C=O) groups excluding carboxylic acids is 1. The summed E-state index contributed by atoms with van der Waals surface area (Å²) in [6.07, 6.45) is 2.05. The maximum Gasteiger partial charge on any atom is 0.410 e. The van der Waals surface area contributed by atoms with Crippen LogP contribution in [0.2, 0.25) is 0 Å². The molecule has 9 heteroatoms. The molecule has 0 saturated carbocycles. The summed E-state index contributed by atoms with van der Waals surface area (Å²) in [5, 5.41) is 25.5. The number of likely N-dealkylation sites (tertiary alicyclic amines) is 1. The van der Waals surface area contributed by atoms with Crippen molar-refractivity contribution in [2.24, 2.45) is 5.41 Å². The molecule has 0 bridgehead atoms. The van der Waals surface area contributed by atoms with Crippen LogP contribution in [0.25, 0.3) is 0 Å². The SMILES string of the molecule is CC(C)(C)OC(=O)N1CCC2(CCN(c3ccc(NC4CCC(O)NC4O)cc3F)CC2)C1. The number of rotatable bonds is 3. The Balaban J connectivity index is 1.32. The first kappa shape index (κ1) is 24.0. The van der Waals surface area contributed by atoms with Crippen LogP contribution in [0.15, 0.2) is 18.2 Å². The Bertz CT molecular complexity index is 853. The number of anilines is 2. The van der Waals surface area contributed by atoms with Gasteiger partial charge in [0, 0.05) is 31.9 Å². The number of aliphatic hydroxyl groups excluding tert-OH is 2. The average Bonchev–Trinajstić information content (AvgIpc) is 3.14. The summed E-state index contributed by atoms with van der Waals surface area (Å²) in [6, 6.07) is 4.80. The second kappa shape index (κ2) is 9.27. The zero-order valence-corrected chi connectivity index (χ0v) is 19.8. The van der Waals surface area contributed by atoms with E-state index in [1.807, 2.05) is 31.7 Å². The first-order chi connectivity index (χ1) is 15.5. The Morgan fingerprint density at radius 1 is 1.18 bits per heavy atom. The summed E-state index contributed by atoms with van der Waals surface area (Å²) in [5.41, 5.74) is 0.771. The van der Waals surface area contributed by atoms with E-state index in [1.54, 1.807) is 6.07 Å². The molecule has 0 radical (unpaired) electrons. The van der Waals surface area contributed by atoms with Crippen LogP contribution in [0, 0.1) is 11.2 Å². The Hall–Kier alpha value is -2.10. The molecule has 3 unspecified atom stereocenters. The van der Waals surface area contributed by atoms with Gasteiger partial charge in [-0.05, 0) is 76.5 Å². The zero-order chi connectivity index (χ0) is 23.8. The van der Waals surface area contributed by atoms with Crippen molar-refractivity contribution in [3.8, 4) is 0 Å². The lowest BCUT2D eigenvalue weighted by Gasteiger charge is -2.40. The molecule has 33 heavy (non-hydrogen) atoms. The third-order valence-electron chi connectivity index (χ3n) is 7.05. The molecule has 3 fully saturated rings. The first-order valence-corrected chi connectivity index (χ1v) is 11.9. The standard InChI is InChI=1S/C24H37FN4O4/c1-23(2,3)33-22(32)29-13-10-24(15-29)8-11-28(12-9-24)19-6-4-16(14-17(19)25)26-18-5-7-20(30)27-21(18)31/h4,6,14,18,20-21,26-27,30-31H,5,7-13,15H2,1-3H3. The quantitative estimate of drug-likeness (QED) is 0.546. The van der Waals surface area contributed by atoms with E-state index in [0.717, 1.165) is 32.4 Å². The summed E-state index contributed by atoms with van der Waals surface area (Å²) in [6.45, 7) is 8.54. The Kier molecular flexibility index (Phi) is 6.75. The van der Waals surface area contributed by atoms with Crippen molar-refractivity contribution in [3.63, 3.8) is 0 Å². The largest absolute Gasteiger partial charge is 0.444 e.